The van der Waals surface area contributed by atoms with Crippen molar-refractivity contribution in [3.05, 3.63) is 29.1 Å². The van der Waals surface area contributed by atoms with Crippen molar-refractivity contribution in [3.8, 4) is 0 Å². The van der Waals surface area contributed by atoms with Crippen molar-refractivity contribution >= 4 is 5.97 Å². The van der Waals surface area contributed by atoms with E-state index in [1.54, 1.807) is 6.92 Å². The van der Waals surface area contributed by atoms with Gasteiger partial charge in [-0.15, -0.1) is 0 Å². The first-order valence-corrected chi connectivity index (χ1v) is 5.19. The lowest BCUT2D eigenvalue weighted by atomic mass is 10.0. The van der Waals surface area contributed by atoms with Crippen molar-refractivity contribution in [3.63, 3.8) is 0 Å². The number of pyridine rings is 1. The third kappa shape index (κ3) is 3.45. The summed E-state index contributed by atoms with van der Waals surface area (Å²) in [5.74, 6) is -0.546. The number of carbonyl (C=O) groups excluding carboxylic acids is 1. The number of nitrogens with zero attached hydrogens (tertiary/aromatic N) is 1. The topological polar surface area (TPSA) is 65.2 Å². The molecule has 0 aliphatic rings. The number of hydrogen-bond donors (Lipinski definition) is 1. The van der Waals surface area contributed by atoms with Crippen LogP contribution in [-0.4, -0.2) is 17.6 Å². The second-order valence-corrected chi connectivity index (χ2v) is 3.35. The molecule has 1 rings (SSSR count). The molecule has 0 fully saturated rings. The van der Waals surface area contributed by atoms with Gasteiger partial charge in [0.15, 0.2) is 0 Å². The molecule has 2 N–H and O–H groups in total. The molecule has 0 bridgehead atoms. The average Bonchev–Trinajstić information content (AvgIpc) is 2.29. The summed E-state index contributed by atoms with van der Waals surface area (Å²) in [4.78, 5) is 15.0. The second kappa shape index (κ2) is 6.24. The van der Waals surface area contributed by atoms with Gasteiger partial charge in [-0.1, -0.05) is 0 Å². The van der Waals surface area contributed by atoms with Crippen LogP contribution < -0.4 is 5.73 Å². The maximum atomic E-state index is 12.7. The molecule has 0 radical (unpaired) electrons. The maximum absolute atomic E-state index is 12.7. The van der Waals surface area contributed by atoms with Gasteiger partial charge in [0.2, 0.25) is 0 Å². The molecule has 1 heterocycles. The fourth-order valence-corrected chi connectivity index (χ4v) is 1.48. The highest BCUT2D eigenvalue weighted by atomic mass is 19.3. The number of aromatic nitrogens is 1. The molecular weight excluding hydrogens is 230 g/mol. The van der Waals surface area contributed by atoms with Crippen molar-refractivity contribution in [1.29, 1.82) is 0 Å². The minimum atomic E-state index is -2.68. The molecule has 0 aliphatic carbocycles. The van der Waals surface area contributed by atoms with Crippen molar-refractivity contribution < 1.29 is 18.3 Å². The summed E-state index contributed by atoms with van der Waals surface area (Å²) in [7, 11) is 0. The van der Waals surface area contributed by atoms with Crippen LogP contribution in [0.1, 0.15) is 30.0 Å². The van der Waals surface area contributed by atoms with E-state index in [0.29, 0.717) is 5.56 Å². The molecule has 0 spiro atoms. The van der Waals surface area contributed by atoms with Gasteiger partial charge in [0.05, 0.1) is 13.0 Å². The first kappa shape index (κ1) is 13.5. The SMILES string of the molecule is CCOC(=O)Cc1c(CN)cncc1C(F)F. The molecule has 0 amide bonds. The smallest absolute Gasteiger partial charge is 0.310 e. The Morgan fingerprint density at radius 2 is 2.24 bits per heavy atom. The van der Waals surface area contributed by atoms with Gasteiger partial charge >= 0.3 is 5.97 Å². The minimum absolute atomic E-state index is 0.0578. The van der Waals surface area contributed by atoms with Gasteiger partial charge in [-0.3, -0.25) is 9.78 Å². The first-order valence-electron chi connectivity index (χ1n) is 5.19. The van der Waals surface area contributed by atoms with Gasteiger partial charge in [0.25, 0.3) is 6.43 Å². The summed E-state index contributed by atoms with van der Waals surface area (Å²) in [6.07, 6.45) is -0.445. The summed E-state index contributed by atoms with van der Waals surface area (Å²) in [5, 5.41) is 0. The van der Waals surface area contributed by atoms with E-state index >= 15 is 0 Å². The van der Waals surface area contributed by atoms with Crippen LogP contribution in [0.3, 0.4) is 0 Å². The van der Waals surface area contributed by atoms with Crippen LogP contribution in [-0.2, 0) is 22.5 Å². The van der Waals surface area contributed by atoms with Crippen molar-refractivity contribution in [2.24, 2.45) is 5.73 Å². The molecule has 4 nitrogen and oxygen atoms in total. The molecule has 0 aromatic carbocycles. The number of esters is 1. The van der Waals surface area contributed by atoms with Crippen LogP contribution in [0.2, 0.25) is 0 Å². The van der Waals surface area contributed by atoms with E-state index in [4.69, 9.17) is 10.5 Å². The lowest BCUT2D eigenvalue weighted by molar-refractivity contribution is -0.142. The average molecular weight is 244 g/mol. The van der Waals surface area contributed by atoms with Crippen LogP contribution in [0.4, 0.5) is 8.78 Å². The number of nitrogens with two attached hydrogens (primary N) is 1. The maximum Gasteiger partial charge on any atom is 0.310 e. The number of hydrogen-bond acceptors (Lipinski definition) is 4. The monoisotopic (exact) mass is 244 g/mol. The van der Waals surface area contributed by atoms with Crippen LogP contribution in [0.25, 0.3) is 0 Å². The molecule has 1 aromatic rings. The third-order valence-electron chi connectivity index (χ3n) is 2.26. The third-order valence-corrected chi connectivity index (χ3v) is 2.26. The highest BCUT2D eigenvalue weighted by Crippen LogP contribution is 2.25. The van der Waals surface area contributed by atoms with Crippen LogP contribution in [0.5, 0.6) is 0 Å². The van der Waals surface area contributed by atoms with Crippen molar-refractivity contribution in [2.75, 3.05) is 6.61 Å². The van der Waals surface area contributed by atoms with Crippen LogP contribution in [0.15, 0.2) is 12.4 Å². The molecule has 17 heavy (non-hydrogen) atoms. The predicted octanol–water partition coefficient (Wildman–Crippen LogP) is 1.58. The van der Waals surface area contributed by atoms with Gasteiger partial charge in [0, 0.05) is 24.5 Å². The number of alkyl halides is 2. The highest BCUT2D eigenvalue weighted by molar-refractivity contribution is 5.73. The molecule has 0 atom stereocenters. The van der Waals surface area contributed by atoms with Gasteiger partial charge < -0.3 is 10.5 Å². The van der Waals surface area contributed by atoms with E-state index in [-0.39, 0.29) is 30.7 Å². The number of ether oxygens (including phenoxy) is 1. The minimum Gasteiger partial charge on any atom is -0.466 e. The van der Waals surface area contributed by atoms with Crippen molar-refractivity contribution in [1.82, 2.24) is 4.98 Å². The molecule has 1 aromatic heterocycles. The summed E-state index contributed by atoms with van der Waals surface area (Å²) in [5.41, 5.74) is 5.83. The van der Waals surface area contributed by atoms with Gasteiger partial charge in [-0.05, 0) is 18.1 Å². The van der Waals surface area contributed by atoms with E-state index in [1.807, 2.05) is 0 Å². The van der Waals surface area contributed by atoms with Gasteiger partial charge in [-0.2, -0.15) is 0 Å². The van der Waals surface area contributed by atoms with E-state index in [1.165, 1.54) is 6.20 Å². The number of carbonyl (C=O) groups is 1. The Kier molecular flexibility index (Phi) is 4.96. The molecular formula is C11H14F2N2O2. The zero-order chi connectivity index (χ0) is 12.8. The Bertz CT molecular complexity index is 397. The summed E-state index contributed by atoms with van der Waals surface area (Å²) in [6.45, 7) is 1.93. The van der Waals surface area contributed by atoms with Crippen LogP contribution >= 0.6 is 0 Å². The fourth-order valence-electron chi connectivity index (χ4n) is 1.48. The largest absolute Gasteiger partial charge is 0.466 e. The molecule has 0 saturated carbocycles. The molecule has 0 unspecified atom stereocenters. The zero-order valence-corrected chi connectivity index (χ0v) is 9.45. The van der Waals surface area contributed by atoms with Gasteiger partial charge in [0.1, 0.15) is 0 Å². The predicted molar refractivity (Wildman–Crippen MR) is 57.4 cm³/mol. The quantitative estimate of drug-likeness (QED) is 0.799. The number of halogens is 2. The lowest BCUT2D eigenvalue weighted by Crippen LogP contribution is -2.14. The Morgan fingerprint density at radius 1 is 1.53 bits per heavy atom. The summed E-state index contributed by atoms with van der Waals surface area (Å²) in [6, 6.07) is 0. The zero-order valence-electron chi connectivity index (χ0n) is 9.45. The standard InChI is InChI=1S/C11H14F2N2O2/c1-2-17-10(16)3-8-7(4-14)5-15-6-9(8)11(12)13/h5-6,11H,2-4,14H2,1H3. The summed E-state index contributed by atoms with van der Waals surface area (Å²) >= 11 is 0. The fraction of sp³-hybridized carbons (Fsp3) is 0.455. The Labute approximate surface area is 97.8 Å². The Morgan fingerprint density at radius 3 is 2.76 bits per heavy atom. The normalized spacial score (nSPS) is 10.6. The van der Waals surface area contributed by atoms with E-state index in [2.05, 4.69) is 4.98 Å². The van der Waals surface area contributed by atoms with E-state index in [0.717, 1.165) is 6.20 Å². The first-order chi connectivity index (χ1) is 8.10. The second-order valence-electron chi connectivity index (χ2n) is 3.35. The molecule has 0 aliphatic heterocycles. The lowest BCUT2D eigenvalue weighted by Gasteiger charge is -2.12. The molecule has 94 valence electrons. The van der Waals surface area contributed by atoms with Crippen molar-refractivity contribution in [2.45, 2.75) is 26.3 Å². The number of rotatable bonds is 5. The Hall–Kier alpha value is -1.56. The van der Waals surface area contributed by atoms with E-state index < -0.39 is 12.4 Å². The molecule has 6 heteroatoms. The van der Waals surface area contributed by atoms with E-state index in [9.17, 15) is 13.6 Å². The highest BCUT2D eigenvalue weighted by Gasteiger charge is 2.19. The van der Waals surface area contributed by atoms with Gasteiger partial charge in [-0.25, -0.2) is 8.78 Å². The van der Waals surface area contributed by atoms with Crippen LogP contribution in [0, 0.1) is 0 Å². The Balaban J connectivity index is 3.04. The summed E-state index contributed by atoms with van der Waals surface area (Å²) < 4.78 is 30.2. The molecule has 0 saturated heterocycles.